The predicted octanol–water partition coefficient (Wildman–Crippen LogP) is 4.08. The average molecular weight is 273 g/mol. The number of hydrogen-bond donors (Lipinski definition) is 1. The van der Waals surface area contributed by atoms with Gasteiger partial charge in [-0.05, 0) is 49.9 Å². The summed E-state index contributed by atoms with van der Waals surface area (Å²) >= 11 is 0. The van der Waals surface area contributed by atoms with E-state index in [1.165, 1.54) is 18.6 Å². The third-order valence-electron chi connectivity index (χ3n) is 3.28. The first-order valence-electron chi connectivity index (χ1n) is 6.58. The zero-order valence-corrected chi connectivity index (χ0v) is 10.7. The molecule has 0 saturated carbocycles. The zero-order chi connectivity index (χ0) is 13.7. The van der Waals surface area contributed by atoms with Crippen LogP contribution in [-0.4, -0.2) is 19.3 Å². The van der Waals surface area contributed by atoms with Gasteiger partial charge >= 0.3 is 6.18 Å². The Hall–Kier alpha value is -1.23. The molecule has 1 aliphatic rings. The number of alkyl halides is 3. The number of halogens is 3. The molecule has 1 fully saturated rings. The van der Waals surface area contributed by atoms with E-state index in [1.54, 1.807) is 0 Å². The van der Waals surface area contributed by atoms with Gasteiger partial charge in [-0.15, -0.1) is 0 Å². The van der Waals surface area contributed by atoms with Crippen molar-refractivity contribution in [1.82, 2.24) is 0 Å². The van der Waals surface area contributed by atoms with Crippen LogP contribution in [0.15, 0.2) is 24.3 Å². The van der Waals surface area contributed by atoms with Crippen molar-refractivity contribution in [3.05, 3.63) is 29.8 Å². The summed E-state index contributed by atoms with van der Waals surface area (Å²) in [5.41, 5.74) is 0.0949. The van der Waals surface area contributed by atoms with Crippen LogP contribution in [-0.2, 0) is 10.9 Å². The van der Waals surface area contributed by atoms with Gasteiger partial charge in [0, 0.05) is 18.8 Å². The summed E-state index contributed by atoms with van der Waals surface area (Å²) in [6.07, 6.45) is 0.313. The maximum Gasteiger partial charge on any atom is 0.416 e. The van der Waals surface area contributed by atoms with Gasteiger partial charge in [-0.2, -0.15) is 13.2 Å². The number of ether oxygens (including phenoxy) is 1. The molecule has 1 atom stereocenters. The fourth-order valence-electron chi connectivity index (χ4n) is 2.19. The van der Waals surface area contributed by atoms with Gasteiger partial charge in [0.05, 0.1) is 11.7 Å². The molecule has 0 aromatic heterocycles. The Morgan fingerprint density at radius 1 is 1.16 bits per heavy atom. The Bertz CT molecular complexity index is 383. The molecule has 1 aromatic rings. The first kappa shape index (κ1) is 14.2. The van der Waals surface area contributed by atoms with Crippen LogP contribution in [0, 0.1) is 0 Å². The molecule has 0 spiro atoms. The van der Waals surface area contributed by atoms with E-state index in [0.717, 1.165) is 44.5 Å². The highest BCUT2D eigenvalue weighted by Gasteiger charge is 2.29. The molecule has 2 nitrogen and oxygen atoms in total. The van der Waals surface area contributed by atoms with Gasteiger partial charge in [-0.3, -0.25) is 0 Å². The van der Waals surface area contributed by atoms with Crippen LogP contribution in [0.1, 0.15) is 31.2 Å². The highest BCUT2D eigenvalue weighted by molar-refractivity contribution is 5.45. The van der Waals surface area contributed by atoms with Crippen LogP contribution < -0.4 is 5.32 Å². The number of benzene rings is 1. The Labute approximate surface area is 111 Å². The number of anilines is 1. The van der Waals surface area contributed by atoms with Gasteiger partial charge in [0.2, 0.25) is 0 Å². The van der Waals surface area contributed by atoms with Crippen LogP contribution in [0.4, 0.5) is 18.9 Å². The topological polar surface area (TPSA) is 21.3 Å². The lowest BCUT2D eigenvalue weighted by Crippen LogP contribution is -2.21. The van der Waals surface area contributed by atoms with E-state index < -0.39 is 11.7 Å². The van der Waals surface area contributed by atoms with Crippen molar-refractivity contribution in [3.8, 4) is 0 Å². The maximum atomic E-state index is 12.4. The SMILES string of the molecule is FC(F)(F)c1ccc(NCCC2CCCCO2)cc1. The molecule has 2 rings (SSSR count). The summed E-state index contributed by atoms with van der Waals surface area (Å²) < 4.78 is 42.7. The quantitative estimate of drug-likeness (QED) is 0.892. The second-order valence-electron chi connectivity index (χ2n) is 4.78. The average Bonchev–Trinajstić information content (AvgIpc) is 2.39. The van der Waals surface area contributed by atoms with Crippen molar-refractivity contribution < 1.29 is 17.9 Å². The molecule has 1 heterocycles. The van der Waals surface area contributed by atoms with Gasteiger partial charge in [0.25, 0.3) is 0 Å². The lowest BCUT2D eigenvalue weighted by atomic mass is 10.1. The van der Waals surface area contributed by atoms with Gasteiger partial charge in [0.1, 0.15) is 0 Å². The van der Waals surface area contributed by atoms with Gasteiger partial charge in [-0.1, -0.05) is 0 Å². The van der Waals surface area contributed by atoms with Crippen molar-refractivity contribution in [3.63, 3.8) is 0 Å². The van der Waals surface area contributed by atoms with E-state index in [1.807, 2.05) is 0 Å². The summed E-state index contributed by atoms with van der Waals surface area (Å²) in [5, 5.41) is 3.12. The second kappa shape index (κ2) is 6.28. The molecular weight excluding hydrogens is 255 g/mol. The molecule has 0 amide bonds. The molecule has 19 heavy (non-hydrogen) atoms. The second-order valence-corrected chi connectivity index (χ2v) is 4.78. The Morgan fingerprint density at radius 2 is 1.89 bits per heavy atom. The number of rotatable bonds is 4. The third kappa shape index (κ3) is 4.42. The lowest BCUT2D eigenvalue weighted by Gasteiger charge is -2.22. The molecule has 1 saturated heterocycles. The Balaban J connectivity index is 1.76. The minimum atomic E-state index is -4.27. The molecule has 106 valence electrons. The minimum Gasteiger partial charge on any atom is -0.385 e. The van der Waals surface area contributed by atoms with Crippen molar-refractivity contribution in [2.75, 3.05) is 18.5 Å². The first-order valence-corrected chi connectivity index (χ1v) is 6.58. The molecule has 1 N–H and O–H groups in total. The third-order valence-corrected chi connectivity index (χ3v) is 3.28. The van der Waals surface area contributed by atoms with Crippen molar-refractivity contribution >= 4 is 5.69 Å². The first-order chi connectivity index (χ1) is 9.05. The highest BCUT2D eigenvalue weighted by atomic mass is 19.4. The molecule has 1 unspecified atom stereocenters. The van der Waals surface area contributed by atoms with E-state index in [2.05, 4.69) is 5.32 Å². The smallest absolute Gasteiger partial charge is 0.385 e. The normalized spacial score (nSPS) is 20.3. The molecule has 0 radical (unpaired) electrons. The van der Waals surface area contributed by atoms with E-state index in [4.69, 9.17) is 4.74 Å². The van der Waals surface area contributed by atoms with Crippen LogP contribution in [0.5, 0.6) is 0 Å². The molecular formula is C14H18F3NO. The van der Waals surface area contributed by atoms with E-state index in [0.29, 0.717) is 5.69 Å². The summed E-state index contributed by atoms with van der Waals surface area (Å²) in [6, 6.07) is 5.12. The number of nitrogens with one attached hydrogen (secondary N) is 1. The summed E-state index contributed by atoms with van der Waals surface area (Å²) in [6.45, 7) is 1.54. The fourth-order valence-corrected chi connectivity index (χ4v) is 2.19. The number of hydrogen-bond acceptors (Lipinski definition) is 2. The van der Waals surface area contributed by atoms with Crippen molar-refractivity contribution in [1.29, 1.82) is 0 Å². The van der Waals surface area contributed by atoms with Gasteiger partial charge in [0.15, 0.2) is 0 Å². The largest absolute Gasteiger partial charge is 0.416 e. The fraction of sp³-hybridized carbons (Fsp3) is 0.571. The van der Waals surface area contributed by atoms with Crippen molar-refractivity contribution in [2.24, 2.45) is 0 Å². The zero-order valence-electron chi connectivity index (χ0n) is 10.7. The molecule has 0 bridgehead atoms. The standard InChI is InChI=1S/C14H18F3NO/c15-14(16,17)11-4-6-12(7-5-11)18-9-8-13-3-1-2-10-19-13/h4-7,13,18H,1-3,8-10H2. The van der Waals surface area contributed by atoms with Crippen LogP contribution in [0.3, 0.4) is 0 Å². The van der Waals surface area contributed by atoms with E-state index >= 15 is 0 Å². The predicted molar refractivity (Wildman–Crippen MR) is 68.1 cm³/mol. The molecule has 1 aliphatic heterocycles. The summed E-state index contributed by atoms with van der Waals surface area (Å²) in [7, 11) is 0. The minimum absolute atomic E-state index is 0.288. The maximum absolute atomic E-state index is 12.4. The van der Waals surface area contributed by atoms with Crippen LogP contribution >= 0.6 is 0 Å². The Kier molecular flexibility index (Phi) is 4.69. The molecule has 1 aromatic carbocycles. The van der Waals surface area contributed by atoms with Crippen LogP contribution in [0.2, 0.25) is 0 Å². The van der Waals surface area contributed by atoms with Crippen molar-refractivity contribution in [2.45, 2.75) is 38.0 Å². The van der Waals surface area contributed by atoms with Crippen LogP contribution in [0.25, 0.3) is 0 Å². The summed E-state index contributed by atoms with van der Waals surface area (Å²) in [4.78, 5) is 0. The molecule has 5 heteroatoms. The van der Waals surface area contributed by atoms with Gasteiger partial charge < -0.3 is 10.1 Å². The van der Waals surface area contributed by atoms with E-state index in [-0.39, 0.29) is 6.10 Å². The monoisotopic (exact) mass is 273 g/mol. The Morgan fingerprint density at radius 3 is 2.47 bits per heavy atom. The van der Waals surface area contributed by atoms with E-state index in [9.17, 15) is 13.2 Å². The summed E-state index contributed by atoms with van der Waals surface area (Å²) in [5.74, 6) is 0. The van der Waals surface area contributed by atoms with Gasteiger partial charge in [-0.25, -0.2) is 0 Å². The molecule has 0 aliphatic carbocycles. The highest BCUT2D eigenvalue weighted by Crippen LogP contribution is 2.29. The lowest BCUT2D eigenvalue weighted by molar-refractivity contribution is -0.137.